The summed E-state index contributed by atoms with van der Waals surface area (Å²) in [6.45, 7) is 0.575. The van der Waals surface area contributed by atoms with E-state index in [0.717, 1.165) is 38.5 Å². The first-order valence-electron chi connectivity index (χ1n) is 12.4. The van der Waals surface area contributed by atoms with Crippen LogP contribution < -0.4 is 10.1 Å². The Morgan fingerprint density at radius 1 is 1.03 bits per heavy atom. The Labute approximate surface area is 201 Å². The van der Waals surface area contributed by atoms with Gasteiger partial charge in [0.15, 0.2) is 6.61 Å². The molecule has 4 aliphatic carbocycles. The van der Waals surface area contributed by atoms with Crippen molar-refractivity contribution in [2.45, 2.75) is 62.7 Å². The highest BCUT2D eigenvalue weighted by Gasteiger charge is 2.55. The van der Waals surface area contributed by atoms with Gasteiger partial charge in [-0.2, -0.15) is 4.31 Å². The lowest BCUT2D eigenvalue weighted by Gasteiger charge is -2.55. The van der Waals surface area contributed by atoms with Crippen LogP contribution in [0.4, 0.5) is 5.69 Å². The molecule has 186 valence electrons. The van der Waals surface area contributed by atoms with Crippen LogP contribution in [0.25, 0.3) is 0 Å². The van der Waals surface area contributed by atoms with Crippen molar-refractivity contribution >= 4 is 27.6 Å². The molecule has 5 aliphatic rings. The quantitative estimate of drug-likeness (QED) is 0.587. The summed E-state index contributed by atoms with van der Waals surface area (Å²) in [5.41, 5.74) is -0.0857. The van der Waals surface area contributed by atoms with Gasteiger partial charge in [-0.05, 0) is 87.3 Å². The molecule has 4 bridgehead atoms. The van der Waals surface area contributed by atoms with Crippen molar-refractivity contribution in [3.8, 4) is 5.75 Å². The largest absolute Gasteiger partial charge is 0.495 e. The topological polar surface area (TPSA) is 102 Å². The third-order valence-corrected chi connectivity index (χ3v) is 10.1. The molecule has 1 aromatic carbocycles. The molecule has 1 heterocycles. The molecule has 8 nitrogen and oxygen atoms in total. The summed E-state index contributed by atoms with van der Waals surface area (Å²) in [7, 11) is -2.32. The first-order chi connectivity index (χ1) is 16.3. The predicted octanol–water partition coefficient (Wildman–Crippen LogP) is 3.57. The smallest absolute Gasteiger partial charge is 0.312 e. The highest BCUT2D eigenvalue weighted by Crippen LogP contribution is 2.60. The number of ether oxygens (including phenoxy) is 2. The number of hydrogen-bond donors (Lipinski definition) is 1. The lowest BCUT2D eigenvalue weighted by Crippen LogP contribution is -2.50. The van der Waals surface area contributed by atoms with Crippen molar-refractivity contribution in [2.24, 2.45) is 23.2 Å². The molecule has 0 radical (unpaired) electrons. The minimum absolute atomic E-state index is 0.0280. The van der Waals surface area contributed by atoms with Crippen molar-refractivity contribution in [1.29, 1.82) is 0 Å². The SMILES string of the molecule is COc1ccc(NC(=O)COC(=O)C23CC4CC(CC(C4)C2)C3)cc1S(=O)(=O)N1CCCCC1. The minimum Gasteiger partial charge on any atom is -0.495 e. The fourth-order valence-corrected chi connectivity index (χ4v) is 8.74. The number of sulfonamides is 1. The van der Waals surface area contributed by atoms with E-state index in [1.165, 1.54) is 42.8 Å². The second-order valence-electron chi connectivity index (χ2n) is 10.7. The van der Waals surface area contributed by atoms with Gasteiger partial charge < -0.3 is 14.8 Å². The summed E-state index contributed by atoms with van der Waals surface area (Å²) in [5, 5.41) is 2.68. The number of hydrogen-bond acceptors (Lipinski definition) is 6. The fraction of sp³-hybridized carbons (Fsp3) is 0.680. The van der Waals surface area contributed by atoms with E-state index >= 15 is 0 Å². The van der Waals surface area contributed by atoms with E-state index in [2.05, 4.69) is 5.32 Å². The van der Waals surface area contributed by atoms with Crippen LogP contribution >= 0.6 is 0 Å². The van der Waals surface area contributed by atoms with E-state index in [-0.39, 0.29) is 23.2 Å². The third-order valence-electron chi connectivity index (χ3n) is 8.19. The van der Waals surface area contributed by atoms with Gasteiger partial charge >= 0.3 is 5.97 Å². The maximum atomic E-state index is 13.2. The summed E-state index contributed by atoms with van der Waals surface area (Å²) < 4.78 is 38.6. The van der Waals surface area contributed by atoms with Crippen molar-refractivity contribution in [1.82, 2.24) is 4.31 Å². The van der Waals surface area contributed by atoms with Gasteiger partial charge in [-0.3, -0.25) is 9.59 Å². The van der Waals surface area contributed by atoms with Gasteiger partial charge in [0.05, 0.1) is 12.5 Å². The molecule has 4 saturated carbocycles. The molecule has 0 atom stereocenters. The highest BCUT2D eigenvalue weighted by atomic mass is 32.2. The Balaban J connectivity index is 1.23. The molecular weight excluding hydrogens is 456 g/mol. The molecule has 1 amide bonds. The van der Waals surface area contributed by atoms with Crippen LogP contribution in [0.15, 0.2) is 23.1 Å². The molecule has 1 aliphatic heterocycles. The van der Waals surface area contributed by atoms with Crippen LogP contribution in [0.3, 0.4) is 0 Å². The highest BCUT2D eigenvalue weighted by molar-refractivity contribution is 7.89. The molecule has 6 rings (SSSR count). The van der Waals surface area contributed by atoms with Gasteiger partial charge in [0.25, 0.3) is 5.91 Å². The van der Waals surface area contributed by atoms with Crippen molar-refractivity contribution in [3.63, 3.8) is 0 Å². The van der Waals surface area contributed by atoms with E-state index in [9.17, 15) is 18.0 Å². The standard InChI is InChI=1S/C25H34N2O6S/c1-32-21-6-5-20(12-22(21)34(30,31)27-7-3-2-4-8-27)26-23(28)16-33-24(29)25-13-17-9-18(14-25)11-19(10-17)15-25/h5-6,12,17-19H,2-4,7-11,13-16H2,1H3,(H,26,28). The molecule has 1 N–H and O–H groups in total. The molecule has 5 fully saturated rings. The van der Waals surface area contributed by atoms with Gasteiger partial charge in [-0.1, -0.05) is 6.42 Å². The zero-order valence-electron chi connectivity index (χ0n) is 19.8. The zero-order chi connectivity index (χ0) is 23.9. The van der Waals surface area contributed by atoms with E-state index < -0.39 is 21.3 Å². The maximum Gasteiger partial charge on any atom is 0.312 e. The lowest BCUT2D eigenvalue weighted by molar-refractivity contribution is -0.172. The van der Waals surface area contributed by atoms with E-state index in [1.807, 2.05) is 0 Å². The predicted molar refractivity (Wildman–Crippen MR) is 126 cm³/mol. The van der Waals surface area contributed by atoms with Gasteiger partial charge in [0, 0.05) is 18.8 Å². The summed E-state index contributed by atoms with van der Waals surface area (Å²) >= 11 is 0. The van der Waals surface area contributed by atoms with Crippen LogP contribution in [0.1, 0.15) is 57.8 Å². The monoisotopic (exact) mass is 490 g/mol. The van der Waals surface area contributed by atoms with Crippen LogP contribution in [-0.4, -0.2) is 51.4 Å². The Kier molecular flexibility index (Phi) is 6.35. The van der Waals surface area contributed by atoms with Crippen molar-refractivity contribution in [2.75, 3.05) is 32.1 Å². The number of nitrogens with one attached hydrogen (secondary N) is 1. The molecule has 0 aromatic heterocycles. The Hall–Kier alpha value is -2.13. The second kappa shape index (κ2) is 9.15. The summed E-state index contributed by atoms with van der Waals surface area (Å²) in [4.78, 5) is 25.6. The number of benzene rings is 1. The third kappa shape index (κ3) is 4.44. The molecule has 9 heteroatoms. The average molecular weight is 491 g/mol. The van der Waals surface area contributed by atoms with Crippen LogP contribution in [0.5, 0.6) is 5.75 Å². The average Bonchev–Trinajstić information content (AvgIpc) is 2.82. The molecule has 1 saturated heterocycles. The number of methoxy groups -OCH3 is 1. The van der Waals surface area contributed by atoms with Crippen LogP contribution in [-0.2, 0) is 24.3 Å². The van der Waals surface area contributed by atoms with E-state index in [4.69, 9.17) is 9.47 Å². The van der Waals surface area contributed by atoms with Crippen molar-refractivity contribution in [3.05, 3.63) is 18.2 Å². The second-order valence-corrected chi connectivity index (χ2v) is 12.6. The summed E-state index contributed by atoms with van der Waals surface area (Å²) in [6, 6.07) is 4.54. The van der Waals surface area contributed by atoms with Gasteiger partial charge in [0.1, 0.15) is 10.6 Å². The number of amides is 1. The number of anilines is 1. The van der Waals surface area contributed by atoms with Gasteiger partial charge in [-0.15, -0.1) is 0 Å². The van der Waals surface area contributed by atoms with E-state index in [0.29, 0.717) is 36.5 Å². The Morgan fingerprint density at radius 3 is 2.24 bits per heavy atom. The molecule has 0 spiro atoms. The first kappa shape index (κ1) is 23.6. The number of rotatable bonds is 7. The Bertz CT molecular complexity index is 1030. The molecule has 34 heavy (non-hydrogen) atoms. The molecule has 0 unspecified atom stereocenters. The fourth-order valence-electron chi connectivity index (χ4n) is 7.04. The van der Waals surface area contributed by atoms with Gasteiger partial charge in [0.2, 0.25) is 10.0 Å². The normalized spacial score (nSPS) is 30.7. The Morgan fingerprint density at radius 2 is 1.65 bits per heavy atom. The maximum absolute atomic E-state index is 13.2. The van der Waals surface area contributed by atoms with Crippen LogP contribution in [0.2, 0.25) is 0 Å². The lowest BCUT2D eigenvalue weighted by atomic mass is 9.49. The number of esters is 1. The number of carbonyl (C=O) groups excluding carboxylic acids is 2. The summed E-state index contributed by atoms with van der Waals surface area (Å²) in [5.74, 6) is 1.36. The number of carbonyl (C=O) groups is 2. The van der Waals surface area contributed by atoms with Crippen LogP contribution in [0, 0.1) is 23.2 Å². The molecule has 1 aromatic rings. The van der Waals surface area contributed by atoms with Gasteiger partial charge in [-0.25, -0.2) is 8.42 Å². The zero-order valence-corrected chi connectivity index (χ0v) is 20.6. The number of nitrogens with zero attached hydrogens (tertiary/aromatic N) is 1. The summed E-state index contributed by atoms with van der Waals surface area (Å²) in [6.07, 6.45) is 9.01. The van der Waals surface area contributed by atoms with E-state index in [1.54, 1.807) is 6.07 Å². The minimum atomic E-state index is -3.74. The first-order valence-corrected chi connectivity index (χ1v) is 13.9. The molecular formula is C25H34N2O6S. The number of piperidine rings is 1. The van der Waals surface area contributed by atoms with Crippen molar-refractivity contribution < 1.29 is 27.5 Å².